The number of carbonyl (C=O) groups excluding carboxylic acids is 4. The Morgan fingerprint density at radius 1 is 1.31 bits per heavy atom. The highest BCUT2D eigenvalue weighted by Gasteiger charge is 2.32. The van der Waals surface area contributed by atoms with Gasteiger partial charge in [-0.2, -0.15) is 0 Å². The van der Waals surface area contributed by atoms with Crippen molar-refractivity contribution in [2.24, 2.45) is 0 Å². The van der Waals surface area contributed by atoms with Gasteiger partial charge in [-0.1, -0.05) is 0 Å². The molecule has 88 valence electrons. The highest BCUT2D eigenvalue weighted by atomic mass is 16.7. The average molecular weight is 230 g/mol. The van der Waals surface area contributed by atoms with Gasteiger partial charge in [0.05, 0.1) is 6.42 Å². The lowest BCUT2D eigenvalue weighted by atomic mass is 10.4. The molecule has 0 saturated carbocycles. The van der Waals surface area contributed by atoms with Gasteiger partial charge in [0.2, 0.25) is 5.91 Å². The van der Waals surface area contributed by atoms with Crippen LogP contribution < -0.4 is 5.32 Å². The third kappa shape index (κ3) is 3.34. The fourth-order valence-corrected chi connectivity index (χ4v) is 1.15. The van der Waals surface area contributed by atoms with E-state index in [2.05, 4.69) is 10.2 Å². The molecule has 0 aliphatic carbocycles. The molecule has 0 unspecified atom stereocenters. The zero-order chi connectivity index (χ0) is 12.1. The van der Waals surface area contributed by atoms with Crippen molar-refractivity contribution in [3.63, 3.8) is 0 Å². The molecular weight excluding hydrogens is 218 g/mol. The first kappa shape index (κ1) is 12.2. The number of carbonyl (C=O) groups is 4. The lowest BCUT2D eigenvalue weighted by Gasteiger charge is -2.12. The number of nitrogens with zero attached hydrogens (tertiary/aromatic N) is 1. The Morgan fingerprint density at radius 2 is 1.88 bits per heavy atom. The minimum Gasteiger partial charge on any atom is -0.356 e. The second-order valence-corrected chi connectivity index (χ2v) is 3.28. The molecule has 7 heteroatoms. The fourth-order valence-electron chi connectivity index (χ4n) is 1.15. The summed E-state index contributed by atoms with van der Waals surface area (Å²) in [5.74, 6) is -2.02. The van der Waals surface area contributed by atoms with Crippen LogP contribution >= 0.6 is 0 Å². The summed E-state index contributed by atoms with van der Waals surface area (Å²) in [5.41, 5.74) is 0. The van der Waals surface area contributed by atoms with Gasteiger partial charge in [0.15, 0.2) is 0 Å². The van der Waals surface area contributed by atoms with E-state index >= 15 is 0 Å². The van der Waals surface area contributed by atoms with Gasteiger partial charge in [0.1, 0.15) is 0 Å². The first-order chi connectivity index (χ1) is 7.50. The number of nitrogens with one attached hydrogen (secondary N) is 1. The van der Waals surface area contributed by atoms with Crippen LogP contribution in [0.3, 0.4) is 0 Å². The zero-order valence-corrected chi connectivity index (χ0v) is 8.82. The molecule has 0 bridgehead atoms. The van der Waals surface area contributed by atoms with Crippen LogP contribution in [0.15, 0.2) is 0 Å². The predicted octanol–water partition coefficient (Wildman–Crippen LogP) is -0.880. The van der Waals surface area contributed by atoms with E-state index in [1.807, 2.05) is 0 Å². The quantitative estimate of drug-likeness (QED) is 0.500. The molecule has 1 rings (SSSR count). The minimum absolute atomic E-state index is 0.0673. The van der Waals surface area contributed by atoms with E-state index in [1.54, 1.807) is 0 Å². The first-order valence-corrected chi connectivity index (χ1v) is 4.81. The van der Waals surface area contributed by atoms with Crippen molar-refractivity contribution in [2.75, 3.05) is 6.54 Å². The third-order valence-corrected chi connectivity index (χ3v) is 1.90. The third-order valence-electron chi connectivity index (χ3n) is 1.90. The highest BCUT2D eigenvalue weighted by molar-refractivity contribution is 6.01. The maximum Gasteiger partial charge on any atom is 0.334 e. The number of hydrogen-bond acceptors (Lipinski definition) is 5. The molecule has 0 atom stereocenters. The molecular formula is C9H12N2O5. The molecule has 0 aromatic heterocycles. The SMILES string of the molecule is [13CH3][13C](=O)NCCC(=O)ON1C(=O)CCC1=O. The van der Waals surface area contributed by atoms with E-state index in [9.17, 15) is 19.2 Å². The van der Waals surface area contributed by atoms with E-state index in [0.29, 0.717) is 5.06 Å². The van der Waals surface area contributed by atoms with E-state index in [1.165, 1.54) is 6.92 Å². The van der Waals surface area contributed by atoms with Crippen molar-refractivity contribution in [3.05, 3.63) is 0 Å². The van der Waals surface area contributed by atoms with Crippen LogP contribution in [-0.2, 0) is 24.0 Å². The summed E-state index contributed by atoms with van der Waals surface area (Å²) < 4.78 is 0. The Hall–Kier alpha value is -1.92. The molecule has 0 aromatic carbocycles. The Balaban J connectivity index is 2.31. The second kappa shape index (κ2) is 5.24. The summed E-state index contributed by atoms with van der Waals surface area (Å²) >= 11 is 0. The van der Waals surface area contributed by atoms with Crippen LogP contribution in [0.4, 0.5) is 0 Å². The van der Waals surface area contributed by atoms with Crippen molar-refractivity contribution >= 4 is 23.7 Å². The number of hydroxylamine groups is 2. The normalized spacial score (nSPS) is 15.2. The molecule has 1 heterocycles. The maximum absolute atomic E-state index is 11.2. The molecule has 16 heavy (non-hydrogen) atoms. The zero-order valence-electron chi connectivity index (χ0n) is 8.82. The van der Waals surface area contributed by atoms with Gasteiger partial charge in [-0.25, -0.2) is 4.79 Å². The summed E-state index contributed by atoms with van der Waals surface area (Å²) in [6.45, 7) is 1.43. The molecule has 0 spiro atoms. The minimum atomic E-state index is -0.725. The van der Waals surface area contributed by atoms with Gasteiger partial charge in [-0.3, -0.25) is 14.4 Å². The van der Waals surface area contributed by atoms with Gasteiger partial charge >= 0.3 is 5.97 Å². The molecule has 3 amide bonds. The molecule has 1 N–H and O–H groups in total. The summed E-state index contributed by atoms with van der Waals surface area (Å²) in [5, 5.41) is 2.88. The van der Waals surface area contributed by atoms with E-state index in [0.717, 1.165) is 0 Å². The molecule has 7 nitrogen and oxygen atoms in total. The summed E-state index contributed by atoms with van der Waals surface area (Å²) in [7, 11) is 0. The number of amides is 3. The molecule has 1 saturated heterocycles. The van der Waals surface area contributed by atoms with Crippen LogP contribution in [0, 0.1) is 0 Å². The Kier molecular flexibility index (Phi) is 3.98. The van der Waals surface area contributed by atoms with Crippen molar-refractivity contribution < 1.29 is 24.0 Å². The smallest absolute Gasteiger partial charge is 0.334 e. The van der Waals surface area contributed by atoms with E-state index < -0.39 is 17.8 Å². The maximum atomic E-state index is 11.2. The summed E-state index contributed by atoms with van der Waals surface area (Å²) in [6.07, 6.45) is 0.0479. The Morgan fingerprint density at radius 3 is 2.38 bits per heavy atom. The molecule has 0 radical (unpaired) electrons. The van der Waals surface area contributed by atoms with Crippen molar-refractivity contribution in [1.82, 2.24) is 10.4 Å². The van der Waals surface area contributed by atoms with Gasteiger partial charge in [0, 0.05) is 26.3 Å². The topological polar surface area (TPSA) is 92.8 Å². The second-order valence-electron chi connectivity index (χ2n) is 3.28. The average Bonchev–Trinajstić information content (AvgIpc) is 2.49. The Bertz CT molecular complexity index is 323. The van der Waals surface area contributed by atoms with Crippen LogP contribution in [0.5, 0.6) is 0 Å². The molecule has 1 aliphatic heterocycles. The summed E-state index contributed by atoms with van der Waals surface area (Å²) in [6, 6.07) is 0. The Labute approximate surface area is 91.7 Å². The van der Waals surface area contributed by atoms with E-state index in [-0.39, 0.29) is 31.7 Å². The number of rotatable bonds is 4. The van der Waals surface area contributed by atoms with Gasteiger partial charge < -0.3 is 10.2 Å². The van der Waals surface area contributed by atoms with Crippen LogP contribution in [0.25, 0.3) is 0 Å². The number of hydrogen-bond donors (Lipinski definition) is 1. The number of imide groups is 1. The van der Waals surface area contributed by atoms with Crippen LogP contribution in [-0.4, -0.2) is 35.3 Å². The molecule has 1 fully saturated rings. The van der Waals surface area contributed by atoms with Crippen molar-refractivity contribution in [2.45, 2.75) is 26.2 Å². The van der Waals surface area contributed by atoms with Gasteiger partial charge in [-0.15, -0.1) is 5.06 Å². The standard InChI is InChI=1S/C9H12N2O5/c1-6(12)10-5-4-9(15)16-11-7(13)2-3-8(11)14/h2-5H2,1H3,(H,10,12)/i1+1,6+1. The first-order valence-electron chi connectivity index (χ1n) is 4.81. The van der Waals surface area contributed by atoms with E-state index in [4.69, 9.17) is 0 Å². The lowest BCUT2D eigenvalue weighted by molar-refractivity contribution is -0.197. The predicted molar refractivity (Wildman–Crippen MR) is 50.5 cm³/mol. The lowest BCUT2D eigenvalue weighted by Crippen LogP contribution is -2.33. The monoisotopic (exact) mass is 230 g/mol. The van der Waals surface area contributed by atoms with Crippen LogP contribution in [0.2, 0.25) is 0 Å². The molecule has 0 aromatic rings. The summed E-state index contributed by atoms with van der Waals surface area (Å²) in [4.78, 5) is 48.3. The molecule has 1 aliphatic rings. The highest BCUT2D eigenvalue weighted by Crippen LogP contribution is 2.12. The van der Waals surface area contributed by atoms with Gasteiger partial charge in [-0.05, 0) is 0 Å². The fraction of sp³-hybridized carbons (Fsp3) is 0.556. The van der Waals surface area contributed by atoms with Crippen molar-refractivity contribution in [3.8, 4) is 0 Å². The van der Waals surface area contributed by atoms with Crippen LogP contribution in [0.1, 0.15) is 26.2 Å². The largest absolute Gasteiger partial charge is 0.356 e. The van der Waals surface area contributed by atoms with Crippen molar-refractivity contribution in [1.29, 1.82) is 0 Å². The van der Waals surface area contributed by atoms with Gasteiger partial charge in [0.25, 0.3) is 11.8 Å².